The fourth-order valence-electron chi connectivity index (χ4n) is 4.11. The molecule has 1 fully saturated rings. The van der Waals surface area contributed by atoms with Crippen LogP contribution < -0.4 is 15.0 Å². The summed E-state index contributed by atoms with van der Waals surface area (Å²) in [6, 6.07) is 17.9. The van der Waals surface area contributed by atoms with Crippen molar-refractivity contribution in [1.82, 2.24) is 15.4 Å². The Morgan fingerprint density at radius 1 is 1.03 bits per heavy atom. The lowest BCUT2D eigenvalue weighted by Gasteiger charge is -2.36. The van der Waals surface area contributed by atoms with Crippen LogP contribution in [0.25, 0.3) is 0 Å². The third-order valence-electron chi connectivity index (χ3n) is 6.12. The first-order valence-corrected chi connectivity index (χ1v) is 11.6. The van der Waals surface area contributed by atoms with E-state index in [2.05, 4.69) is 50.6 Å². The van der Waals surface area contributed by atoms with Gasteiger partial charge in [-0.05, 0) is 51.1 Å². The molecule has 2 heterocycles. The van der Waals surface area contributed by atoms with Crippen molar-refractivity contribution < 1.29 is 14.1 Å². The molecule has 1 N–H and O–H groups in total. The molecule has 1 aromatic heterocycles. The van der Waals surface area contributed by atoms with Gasteiger partial charge in [0, 0.05) is 38.4 Å². The number of carbonyl (C=O) groups excluding carboxylic acids is 1. The molecule has 0 radical (unpaired) electrons. The fraction of sp³-hybridized carbons (Fsp3) is 0.385. The maximum absolute atomic E-state index is 12.8. The van der Waals surface area contributed by atoms with Crippen LogP contribution in [-0.4, -0.2) is 55.2 Å². The number of benzene rings is 2. The normalized spacial score (nSPS) is 14.3. The number of hydrogen-bond donors (Lipinski definition) is 1. The zero-order valence-electron chi connectivity index (χ0n) is 19.4. The number of piperazine rings is 1. The number of nitrogens with one attached hydrogen (secondary N) is 1. The minimum atomic E-state index is -0.113. The molecular formula is C26H32N4O3. The van der Waals surface area contributed by atoms with E-state index in [0.29, 0.717) is 24.5 Å². The van der Waals surface area contributed by atoms with E-state index < -0.39 is 0 Å². The number of aromatic nitrogens is 1. The van der Waals surface area contributed by atoms with Crippen molar-refractivity contribution in [3.05, 3.63) is 77.2 Å². The molecule has 1 aliphatic heterocycles. The molecule has 0 spiro atoms. The van der Waals surface area contributed by atoms with Gasteiger partial charge in [-0.1, -0.05) is 35.5 Å². The first-order valence-electron chi connectivity index (χ1n) is 11.6. The Hall–Kier alpha value is -3.32. The fourth-order valence-corrected chi connectivity index (χ4v) is 4.11. The Labute approximate surface area is 195 Å². The molecule has 2 aromatic carbocycles. The highest BCUT2D eigenvalue weighted by atomic mass is 16.5. The van der Waals surface area contributed by atoms with Crippen LogP contribution in [0.3, 0.4) is 0 Å². The molecule has 3 aromatic rings. The molecule has 1 saturated heterocycles. The topological polar surface area (TPSA) is 70.8 Å². The monoisotopic (exact) mass is 448 g/mol. The van der Waals surface area contributed by atoms with Gasteiger partial charge in [0.15, 0.2) is 0 Å². The number of hydrogen-bond acceptors (Lipinski definition) is 6. The predicted molar refractivity (Wildman–Crippen MR) is 129 cm³/mol. The van der Waals surface area contributed by atoms with E-state index in [1.54, 1.807) is 6.07 Å². The summed E-state index contributed by atoms with van der Waals surface area (Å²) in [7, 11) is 0. The van der Waals surface area contributed by atoms with Gasteiger partial charge >= 0.3 is 0 Å². The largest absolute Gasteiger partial charge is 0.488 e. The van der Waals surface area contributed by atoms with Gasteiger partial charge in [-0.2, -0.15) is 0 Å². The number of para-hydroxylation sites is 2. The number of carbonyl (C=O) groups is 1. The summed E-state index contributed by atoms with van der Waals surface area (Å²) in [5, 5.41) is 7.00. The van der Waals surface area contributed by atoms with E-state index in [9.17, 15) is 4.79 Å². The van der Waals surface area contributed by atoms with E-state index >= 15 is 0 Å². The smallest absolute Gasteiger partial charge is 0.255 e. The van der Waals surface area contributed by atoms with Crippen molar-refractivity contribution in [3.63, 3.8) is 0 Å². The van der Waals surface area contributed by atoms with Gasteiger partial charge in [-0.15, -0.1) is 0 Å². The summed E-state index contributed by atoms with van der Waals surface area (Å²) in [5.74, 6) is 1.18. The van der Waals surface area contributed by atoms with E-state index in [0.717, 1.165) is 56.2 Å². The highest BCUT2D eigenvalue weighted by molar-refractivity contribution is 5.96. The Morgan fingerprint density at radius 2 is 1.76 bits per heavy atom. The first kappa shape index (κ1) is 22.9. The second-order valence-electron chi connectivity index (χ2n) is 8.36. The molecule has 0 saturated carbocycles. The molecule has 0 aliphatic carbocycles. The summed E-state index contributed by atoms with van der Waals surface area (Å²) in [6.45, 7) is 9.83. The van der Waals surface area contributed by atoms with Crippen molar-refractivity contribution in [2.75, 3.05) is 44.2 Å². The summed E-state index contributed by atoms with van der Waals surface area (Å²) in [5.41, 5.74) is 3.55. The molecule has 1 amide bonds. The zero-order valence-corrected chi connectivity index (χ0v) is 19.4. The number of aryl methyl sites for hydroxylation is 2. The average molecular weight is 449 g/mol. The summed E-state index contributed by atoms with van der Waals surface area (Å²) in [6.07, 6.45) is 0.916. The number of ether oxygens (including phenoxy) is 1. The highest BCUT2D eigenvalue weighted by Crippen LogP contribution is 2.21. The molecule has 33 heavy (non-hydrogen) atoms. The third kappa shape index (κ3) is 5.93. The van der Waals surface area contributed by atoms with Crippen LogP contribution in [0.5, 0.6) is 5.75 Å². The maximum Gasteiger partial charge on any atom is 0.255 e. The molecule has 174 valence electrons. The van der Waals surface area contributed by atoms with E-state index in [1.165, 1.54) is 5.69 Å². The van der Waals surface area contributed by atoms with Gasteiger partial charge in [0.25, 0.3) is 5.91 Å². The number of amides is 1. The molecule has 0 atom stereocenters. The van der Waals surface area contributed by atoms with Crippen molar-refractivity contribution in [1.29, 1.82) is 0 Å². The highest BCUT2D eigenvalue weighted by Gasteiger charge is 2.17. The van der Waals surface area contributed by atoms with Crippen LogP contribution in [0.4, 0.5) is 5.69 Å². The molecule has 4 rings (SSSR count). The van der Waals surface area contributed by atoms with Crippen molar-refractivity contribution in [3.8, 4) is 5.75 Å². The van der Waals surface area contributed by atoms with Gasteiger partial charge in [0.1, 0.15) is 18.1 Å². The predicted octanol–water partition coefficient (Wildman–Crippen LogP) is 3.81. The standard InChI is InChI=1S/C26H32N4O3/c1-20-24(21(2)33-28-20)19-32-25-12-7-6-11-23(25)26(31)27-13-8-14-29-15-17-30(18-16-29)22-9-4-3-5-10-22/h3-7,9-12H,8,13-19H2,1-2H3,(H,27,31). The summed E-state index contributed by atoms with van der Waals surface area (Å²) >= 11 is 0. The zero-order chi connectivity index (χ0) is 23.0. The summed E-state index contributed by atoms with van der Waals surface area (Å²) < 4.78 is 11.1. The number of nitrogens with zero attached hydrogens (tertiary/aromatic N) is 3. The summed E-state index contributed by atoms with van der Waals surface area (Å²) in [4.78, 5) is 17.7. The lowest BCUT2D eigenvalue weighted by molar-refractivity contribution is 0.0947. The van der Waals surface area contributed by atoms with Crippen LogP contribution in [0.15, 0.2) is 59.1 Å². The lowest BCUT2D eigenvalue weighted by atomic mass is 10.1. The van der Waals surface area contributed by atoms with Crippen molar-refractivity contribution in [2.45, 2.75) is 26.9 Å². The first-order chi connectivity index (χ1) is 16.1. The Morgan fingerprint density at radius 3 is 2.48 bits per heavy atom. The molecular weight excluding hydrogens is 416 g/mol. The maximum atomic E-state index is 12.8. The van der Waals surface area contributed by atoms with Gasteiger partial charge < -0.3 is 19.5 Å². The molecule has 1 aliphatic rings. The lowest BCUT2D eigenvalue weighted by Crippen LogP contribution is -2.47. The minimum Gasteiger partial charge on any atom is -0.488 e. The molecule has 0 bridgehead atoms. The number of anilines is 1. The average Bonchev–Trinajstić information content (AvgIpc) is 3.18. The minimum absolute atomic E-state index is 0.113. The Bertz CT molecular complexity index is 1020. The Balaban J connectivity index is 1.20. The van der Waals surface area contributed by atoms with Crippen LogP contribution >= 0.6 is 0 Å². The quantitative estimate of drug-likeness (QED) is 0.502. The molecule has 7 nitrogen and oxygen atoms in total. The van der Waals surface area contributed by atoms with Crippen molar-refractivity contribution >= 4 is 11.6 Å². The second kappa shape index (κ2) is 11.0. The van der Waals surface area contributed by atoms with Crippen LogP contribution in [0.1, 0.15) is 33.8 Å². The SMILES string of the molecule is Cc1noc(C)c1COc1ccccc1C(=O)NCCCN1CCN(c2ccccc2)CC1. The van der Waals surface area contributed by atoms with Crippen LogP contribution in [0.2, 0.25) is 0 Å². The second-order valence-corrected chi connectivity index (χ2v) is 8.36. The van der Waals surface area contributed by atoms with Gasteiger partial charge in [0.2, 0.25) is 0 Å². The van der Waals surface area contributed by atoms with Gasteiger partial charge in [-0.25, -0.2) is 0 Å². The van der Waals surface area contributed by atoms with E-state index in [-0.39, 0.29) is 5.91 Å². The number of rotatable bonds is 9. The Kier molecular flexibility index (Phi) is 7.62. The van der Waals surface area contributed by atoms with Gasteiger partial charge in [0.05, 0.1) is 16.8 Å². The van der Waals surface area contributed by atoms with Gasteiger partial charge in [-0.3, -0.25) is 9.69 Å². The molecule has 0 unspecified atom stereocenters. The van der Waals surface area contributed by atoms with E-state index in [1.807, 2.05) is 32.0 Å². The van der Waals surface area contributed by atoms with Crippen LogP contribution in [0, 0.1) is 13.8 Å². The molecule has 7 heteroatoms. The van der Waals surface area contributed by atoms with E-state index in [4.69, 9.17) is 9.26 Å². The van der Waals surface area contributed by atoms with Crippen molar-refractivity contribution in [2.24, 2.45) is 0 Å². The van der Waals surface area contributed by atoms with Crippen LogP contribution in [-0.2, 0) is 6.61 Å². The third-order valence-corrected chi connectivity index (χ3v) is 6.12.